The van der Waals surface area contributed by atoms with Crippen molar-refractivity contribution in [1.82, 2.24) is 5.32 Å². The van der Waals surface area contributed by atoms with Gasteiger partial charge in [0.25, 0.3) is 0 Å². The molecule has 4 nitrogen and oxygen atoms in total. The van der Waals surface area contributed by atoms with E-state index in [1.807, 2.05) is 49.4 Å². The first-order chi connectivity index (χ1) is 8.74. The van der Waals surface area contributed by atoms with Crippen LogP contribution in [0.1, 0.15) is 11.5 Å². The number of rotatable bonds is 5. The predicted octanol–water partition coefficient (Wildman–Crippen LogP) is 2.32. The van der Waals surface area contributed by atoms with Crippen molar-refractivity contribution >= 4 is 11.6 Å². The summed E-state index contributed by atoms with van der Waals surface area (Å²) in [6.07, 6.45) is 0. The van der Waals surface area contributed by atoms with Gasteiger partial charge in [-0.2, -0.15) is 0 Å². The minimum Gasteiger partial charge on any atom is -0.465 e. The number of anilines is 1. The Kier molecular flexibility index (Phi) is 4.02. The van der Waals surface area contributed by atoms with Crippen LogP contribution in [0.25, 0.3) is 0 Å². The van der Waals surface area contributed by atoms with Crippen LogP contribution in [0.4, 0.5) is 5.69 Å². The monoisotopic (exact) mass is 244 g/mol. The van der Waals surface area contributed by atoms with Crippen molar-refractivity contribution in [3.63, 3.8) is 0 Å². The molecule has 2 N–H and O–H groups in total. The van der Waals surface area contributed by atoms with Crippen molar-refractivity contribution in [2.75, 3.05) is 11.9 Å². The lowest BCUT2D eigenvalue weighted by molar-refractivity contribution is -0.119. The van der Waals surface area contributed by atoms with Crippen molar-refractivity contribution in [3.8, 4) is 0 Å². The number of hydrogen-bond donors (Lipinski definition) is 2. The van der Waals surface area contributed by atoms with E-state index in [2.05, 4.69) is 10.6 Å². The zero-order valence-electron chi connectivity index (χ0n) is 10.3. The molecule has 0 unspecified atom stereocenters. The molecule has 0 saturated carbocycles. The summed E-state index contributed by atoms with van der Waals surface area (Å²) in [6.45, 7) is 2.55. The average molecular weight is 244 g/mol. The molecule has 2 rings (SSSR count). The van der Waals surface area contributed by atoms with Gasteiger partial charge in [0.05, 0.1) is 13.1 Å². The van der Waals surface area contributed by atoms with Crippen LogP contribution in [0.5, 0.6) is 0 Å². The molecule has 0 saturated heterocycles. The fourth-order valence-electron chi connectivity index (χ4n) is 1.57. The molecular formula is C14H16N2O2. The van der Waals surface area contributed by atoms with Crippen LogP contribution < -0.4 is 10.6 Å². The lowest BCUT2D eigenvalue weighted by atomic mass is 10.3. The first-order valence-electron chi connectivity index (χ1n) is 5.85. The van der Waals surface area contributed by atoms with Crippen LogP contribution in [0.2, 0.25) is 0 Å². The highest BCUT2D eigenvalue weighted by atomic mass is 16.3. The molecule has 94 valence electrons. The summed E-state index contributed by atoms with van der Waals surface area (Å²) < 4.78 is 5.36. The standard InChI is InChI=1S/C14H16N2O2/c1-11-7-8-13(18-11)9-16-14(17)10-15-12-5-3-2-4-6-12/h2-8,15H,9-10H2,1H3,(H,16,17). The van der Waals surface area contributed by atoms with Gasteiger partial charge in [0.1, 0.15) is 11.5 Å². The smallest absolute Gasteiger partial charge is 0.239 e. The molecule has 0 fully saturated rings. The summed E-state index contributed by atoms with van der Waals surface area (Å²) in [5.41, 5.74) is 0.932. The van der Waals surface area contributed by atoms with Gasteiger partial charge in [0.15, 0.2) is 0 Å². The minimum atomic E-state index is -0.0621. The van der Waals surface area contributed by atoms with Crippen LogP contribution in [0, 0.1) is 6.92 Å². The van der Waals surface area contributed by atoms with Crippen LogP contribution in [0.3, 0.4) is 0 Å². The van der Waals surface area contributed by atoms with Gasteiger partial charge < -0.3 is 15.1 Å². The quantitative estimate of drug-likeness (QED) is 0.848. The van der Waals surface area contributed by atoms with Crippen molar-refractivity contribution in [2.24, 2.45) is 0 Å². The van der Waals surface area contributed by atoms with Crippen molar-refractivity contribution in [1.29, 1.82) is 0 Å². The number of nitrogens with one attached hydrogen (secondary N) is 2. The van der Waals surface area contributed by atoms with Crippen LogP contribution >= 0.6 is 0 Å². The number of para-hydroxylation sites is 1. The topological polar surface area (TPSA) is 54.3 Å². The second kappa shape index (κ2) is 5.91. The number of hydrogen-bond acceptors (Lipinski definition) is 3. The van der Waals surface area contributed by atoms with E-state index in [0.29, 0.717) is 6.54 Å². The zero-order chi connectivity index (χ0) is 12.8. The minimum absolute atomic E-state index is 0.0621. The van der Waals surface area contributed by atoms with Gasteiger partial charge in [0, 0.05) is 5.69 Å². The maximum Gasteiger partial charge on any atom is 0.239 e. The summed E-state index contributed by atoms with van der Waals surface area (Å²) in [7, 11) is 0. The number of aryl methyl sites for hydroxylation is 1. The van der Waals surface area contributed by atoms with E-state index in [4.69, 9.17) is 4.42 Å². The van der Waals surface area contributed by atoms with Crippen LogP contribution in [-0.4, -0.2) is 12.5 Å². The van der Waals surface area contributed by atoms with Gasteiger partial charge >= 0.3 is 0 Å². The molecule has 1 aromatic carbocycles. The highest BCUT2D eigenvalue weighted by Crippen LogP contribution is 2.06. The van der Waals surface area contributed by atoms with E-state index in [9.17, 15) is 4.79 Å². The third-order valence-corrected chi connectivity index (χ3v) is 2.48. The maximum atomic E-state index is 11.6. The van der Waals surface area contributed by atoms with Gasteiger partial charge in [-0.05, 0) is 31.2 Å². The summed E-state index contributed by atoms with van der Waals surface area (Å²) >= 11 is 0. The summed E-state index contributed by atoms with van der Waals surface area (Å²) in [5.74, 6) is 1.55. The third kappa shape index (κ3) is 3.66. The van der Waals surface area contributed by atoms with Crippen molar-refractivity contribution in [3.05, 3.63) is 54.0 Å². The Labute approximate surface area is 106 Å². The van der Waals surface area contributed by atoms with Gasteiger partial charge in [-0.25, -0.2) is 0 Å². The lowest BCUT2D eigenvalue weighted by Crippen LogP contribution is -2.29. The Bertz CT molecular complexity index is 506. The molecular weight excluding hydrogens is 228 g/mol. The van der Waals surface area contributed by atoms with Crippen LogP contribution in [-0.2, 0) is 11.3 Å². The summed E-state index contributed by atoms with van der Waals surface area (Å²) in [6, 6.07) is 13.4. The lowest BCUT2D eigenvalue weighted by Gasteiger charge is -2.06. The van der Waals surface area contributed by atoms with E-state index in [-0.39, 0.29) is 12.5 Å². The average Bonchev–Trinajstić information content (AvgIpc) is 2.81. The molecule has 0 aliphatic carbocycles. The summed E-state index contributed by atoms with van der Waals surface area (Å²) in [4.78, 5) is 11.6. The molecule has 0 radical (unpaired) electrons. The third-order valence-electron chi connectivity index (χ3n) is 2.48. The first kappa shape index (κ1) is 12.2. The van der Waals surface area contributed by atoms with E-state index < -0.39 is 0 Å². The Morgan fingerprint density at radius 3 is 2.61 bits per heavy atom. The van der Waals surface area contributed by atoms with Gasteiger partial charge in [-0.3, -0.25) is 4.79 Å². The maximum absolute atomic E-state index is 11.6. The van der Waals surface area contributed by atoms with Crippen molar-refractivity contribution < 1.29 is 9.21 Å². The number of furan rings is 1. The normalized spacial score (nSPS) is 10.1. The number of carbonyl (C=O) groups excluding carboxylic acids is 1. The molecule has 1 heterocycles. The molecule has 0 aliphatic heterocycles. The zero-order valence-corrected chi connectivity index (χ0v) is 10.3. The fraction of sp³-hybridized carbons (Fsp3) is 0.214. The number of amides is 1. The van der Waals surface area contributed by atoms with E-state index in [1.54, 1.807) is 0 Å². The van der Waals surface area contributed by atoms with E-state index >= 15 is 0 Å². The Balaban J connectivity index is 1.73. The van der Waals surface area contributed by atoms with Gasteiger partial charge in [-0.1, -0.05) is 18.2 Å². The SMILES string of the molecule is Cc1ccc(CNC(=O)CNc2ccccc2)o1. The largest absolute Gasteiger partial charge is 0.465 e. The molecule has 0 aliphatic rings. The highest BCUT2D eigenvalue weighted by molar-refractivity contribution is 5.80. The second-order valence-electron chi connectivity index (χ2n) is 4.01. The predicted molar refractivity (Wildman–Crippen MR) is 70.2 cm³/mol. The summed E-state index contributed by atoms with van der Waals surface area (Å²) in [5, 5.41) is 5.83. The molecule has 1 aromatic heterocycles. The van der Waals surface area contributed by atoms with Gasteiger partial charge in [-0.15, -0.1) is 0 Å². The number of benzene rings is 1. The van der Waals surface area contributed by atoms with Crippen molar-refractivity contribution in [2.45, 2.75) is 13.5 Å². The Hall–Kier alpha value is -2.23. The number of carbonyl (C=O) groups is 1. The van der Waals surface area contributed by atoms with E-state index in [1.165, 1.54) is 0 Å². The molecule has 4 heteroatoms. The first-order valence-corrected chi connectivity index (χ1v) is 5.85. The van der Waals surface area contributed by atoms with E-state index in [0.717, 1.165) is 17.2 Å². The second-order valence-corrected chi connectivity index (χ2v) is 4.01. The molecule has 0 atom stereocenters. The Morgan fingerprint density at radius 2 is 1.94 bits per heavy atom. The van der Waals surface area contributed by atoms with Gasteiger partial charge in [0.2, 0.25) is 5.91 Å². The van der Waals surface area contributed by atoms with Crippen LogP contribution in [0.15, 0.2) is 46.9 Å². The highest BCUT2D eigenvalue weighted by Gasteiger charge is 2.03. The molecule has 18 heavy (non-hydrogen) atoms. The molecule has 0 bridgehead atoms. The molecule has 1 amide bonds. The molecule has 2 aromatic rings. The fourth-order valence-corrected chi connectivity index (χ4v) is 1.57. The Morgan fingerprint density at radius 1 is 1.17 bits per heavy atom. The molecule has 0 spiro atoms.